The number of piperidine rings is 1. The van der Waals surface area contributed by atoms with E-state index in [0.717, 1.165) is 0 Å². The second kappa shape index (κ2) is 14.6. The summed E-state index contributed by atoms with van der Waals surface area (Å²) >= 11 is 0. The van der Waals surface area contributed by atoms with Gasteiger partial charge in [-0.15, -0.1) is 0 Å². The molecule has 1 aromatic rings. The molecule has 0 spiro atoms. The van der Waals surface area contributed by atoms with Crippen LogP contribution >= 0.6 is 0 Å². The van der Waals surface area contributed by atoms with E-state index in [4.69, 9.17) is 18.9 Å². The van der Waals surface area contributed by atoms with Gasteiger partial charge in [-0.25, -0.2) is 9.59 Å². The molecule has 0 aliphatic carbocycles. The van der Waals surface area contributed by atoms with E-state index in [-0.39, 0.29) is 56.0 Å². The van der Waals surface area contributed by atoms with Gasteiger partial charge >= 0.3 is 12.2 Å². The maximum absolute atomic E-state index is 14.2. The van der Waals surface area contributed by atoms with Gasteiger partial charge < -0.3 is 39.0 Å². The minimum absolute atomic E-state index is 0.121. The summed E-state index contributed by atoms with van der Waals surface area (Å²) in [6.07, 6.45) is -1.08. The van der Waals surface area contributed by atoms with Crippen LogP contribution in [0.15, 0.2) is 12.1 Å². The number of nitrogens with zero attached hydrogens (tertiary/aromatic N) is 3. The largest absolute Gasteiger partial charge is 0.511 e. The molecule has 244 valence electrons. The summed E-state index contributed by atoms with van der Waals surface area (Å²) < 4.78 is 21.0. The Hall–Kier alpha value is -4.03. The zero-order chi connectivity index (χ0) is 32.8. The van der Waals surface area contributed by atoms with Gasteiger partial charge in [-0.3, -0.25) is 14.4 Å². The van der Waals surface area contributed by atoms with E-state index in [1.807, 2.05) is 20.8 Å². The number of anilines is 1. The molecule has 1 N–H and O–H groups in total. The summed E-state index contributed by atoms with van der Waals surface area (Å²) in [7, 11) is 0. The number of aryl methyl sites for hydroxylation is 1. The smallest absolute Gasteiger partial charge is 0.476 e. The molecule has 2 aliphatic heterocycles. The number of fused-ring (bicyclic) bond motifs is 1. The van der Waals surface area contributed by atoms with E-state index in [1.54, 1.807) is 49.6 Å². The minimum Gasteiger partial charge on any atom is -0.476 e. The number of benzene rings is 1. The highest BCUT2D eigenvalue weighted by molar-refractivity contribution is 6.05. The monoisotopic (exact) mass is 618 g/mol. The number of nitrogens with one attached hydrogen (secondary N) is 1. The van der Waals surface area contributed by atoms with Crippen molar-refractivity contribution in [3.63, 3.8) is 0 Å². The fourth-order valence-electron chi connectivity index (χ4n) is 5.44. The van der Waals surface area contributed by atoms with E-state index in [9.17, 15) is 24.0 Å². The minimum atomic E-state index is -1.14. The fourth-order valence-corrected chi connectivity index (χ4v) is 5.44. The Morgan fingerprint density at radius 1 is 1.14 bits per heavy atom. The van der Waals surface area contributed by atoms with Gasteiger partial charge in [0.1, 0.15) is 5.75 Å². The number of carbonyl (C=O) groups excluding carboxylic acids is 5. The Labute approximate surface area is 259 Å². The number of ether oxygens (including phenoxy) is 4. The molecule has 0 bridgehead atoms. The Morgan fingerprint density at radius 2 is 1.84 bits per heavy atom. The second-order valence-electron chi connectivity index (χ2n) is 11.7. The Morgan fingerprint density at radius 3 is 2.48 bits per heavy atom. The molecule has 1 unspecified atom stereocenters. The average molecular weight is 619 g/mol. The van der Waals surface area contributed by atoms with Crippen LogP contribution in [-0.4, -0.2) is 96.5 Å². The van der Waals surface area contributed by atoms with Crippen molar-refractivity contribution < 1.29 is 42.9 Å². The molecule has 0 radical (unpaired) electrons. The molecule has 1 aromatic carbocycles. The van der Waals surface area contributed by atoms with Crippen LogP contribution in [0.3, 0.4) is 0 Å². The maximum atomic E-state index is 14.2. The molecule has 13 heteroatoms. The highest BCUT2D eigenvalue weighted by Crippen LogP contribution is 2.40. The van der Waals surface area contributed by atoms with Crippen molar-refractivity contribution in [3.05, 3.63) is 23.3 Å². The SMILES string of the molecule is CCOC(=O)OC(C)OC(=O)N1CCC[C@@H](N(C(=O)c2cc3c(cc2C)OC(C)(C)C(=O)N3CCNC(=O)CC)C(C)C)C1. The van der Waals surface area contributed by atoms with Crippen LogP contribution in [0.2, 0.25) is 0 Å². The van der Waals surface area contributed by atoms with E-state index >= 15 is 0 Å². The fraction of sp³-hybridized carbons (Fsp3) is 0.645. The van der Waals surface area contributed by atoms with Gasteiger partial charge in [-0.2, -0.15) is 0 Å². The quantitative estimate of drug-likeness (QED) is 0.304. The predicted octanol–water partition coefficient (Wildman–Crippen LogP) is 4.00. The number of amides is 4. The molecule has 1 saturated heterocycles. The van der Waals surface area contributed by atoms with Crippen molar-refractivity contribution in [2.75, 3.05) is 37.7 Å². The van der Waals surface area contributed by atoms with Crippen LogP contribution < -0.4 is 15.0 Å². The summed E-state index contributed by atoms with van der Waals surface area (Å²) in [6.45, 7) is 15.1. The van der Waals surface area contributed by atoms with Crippen LogP contribution in [0.4, 0.5) is 15.3 Å². The summed E-state index contributed by atoms with van der Waals surface area (Å²) in [5.41, 5.74) is 0.429. The first-order valence-corrected chi connectivity index (χ1v) is 15.2. The number of hydrogen-bond acceptors (Lipinski definition) is 9. The Kier molecular flexibility index (Phi) is 11.5. The lowest BCUT2D eigenvalue weighted by Gasteiger charge is -2.42. The summed E-state index contributed by atoms with van der Waals surface area (Å²) in [6, 6.07) is 2.93. The topological polar surface area (TPSA) is 144 Å². The number of carbonyl (C=O) groups is 5. The van der Waals surface area contributed by atoms with Gasteiger partial charge in [0.05, 0.1) is 18.3 Å². The third-order valence-electron chi connectivity index (χ3n) is 7.56. The van der Waals surface area contributed by atoms with Crippen molar-refractivity contribution in [1.82, 2.24) is 15.1 Å². The van der Waals surface area contributed by atoms with E-state index in [0.29, 0.717) is 48.4 Å². The molecular weight excluding hydrogens is 572 g/mol. The van der Waals surface area contributed by atoms with Crippen molar-refractivity contribution >= 4 is 35.7 Å². The Bertz CT molecular complexity index is 1250. The molecule has 2 atom stereocenters. The predicted molar refractivity (Wildman–Crippen MR) is 161 cm³/mol. The van der Waals surface area contributed by atoms with Crippen molar-refractivity contribution in [1.29, 1.82) is 0 Å². The molecular formula is C31H46N4O9. The molecule has 0 saturated carbocycles. The van der Waals surface area contributed by atoms with Gasteiger partial charge in [0.15, 0.2) is 5.60 Å². The molecule has 2 aliphatic rings. The van der Waals surface area contributed by atoms with E-state index in [1.165, 1.54) is 11.8 Å². The average Bonchev–Trinajstić information content (AvgIpc) is 2.94. The first kappa shape index (κ1) is 34.5. The van der Waals surface area contributed by atoms with Crippen LogP contribution in [0.1, 0.15) is 83.7 Å². The van der Waals surface area contributed by atoms with Gasteiger partial charge in [0.25, 0.3) is 11.8 Å². The zero-order valence-corrected chi connectivity index (χ0v) is 27.1. The lowest BCUT2D eigenvalue weighted by atomic mass is 9.97. The van der Waals surface area contributed by atoms with E-state index in [2.05, 4.69) is 5.32 Å². The van der Waals surface area contributed by atoms with Gasteiger partial charge in [-0.1, -0.05) is 6.92 Å². The number of likely N-dealkylation sites (tertiary alicyclic amines) is 1. The lowest BCUT2D eigenvalue weighted by molar-refractivity contribution is -0.132. The third-order valence-corrected chi connectivity index (χ3v) is 7.56. The van der Waals surface area contributed by atoms with Crippen molar-refractivity contribution in [2.24, 2.45) is 0 Å². The first-order chi connectivity index (χ1) is 20.7. The molecule has 13 nitrogen and oxygen atoms in total. The zero-order valence-electron chi connectivity index (χ0n) is 27.1. The number of rotatable bonds is 10. The summed E-state index contributed by atoms with van der Waals surface area (Å²) in [4.78, 5) is 68.7. The van der Waals surface area contributed by atoms with Crippen LogP contribution in [0, 0.1) is 6.92 Å². The number of hydrogen-bond donors (Lipinski definition) is 1. The van der Waals surface area contributed by atoms with Crippen LogP contribution in [0.25, 0.3) is 0 Å². The molecule has 1 fully saturated rings. The normalized spacial score (nSPS) is 18.1. The summed E-state index contributed by atoms with van der Waals surface area (Å²) in [5, 5.41) is 2.80. The molecule has 3 rings (SSSR count). The van der Waals surface area contributed by atoms with Crippen LogP contribution in [0.5, 0.6) is 5.75 Å². The van der Waals surface area contributed by atoms with E-state index < -0.39 is 24.1 Å². The van der Waals surface area contributed by atoms with Gasteiger partial charge in [-0.05, 0) is 72.1 Å². The highest BCUT2D eigenvalue weighted by atomic mass is 16.8. The van der Waals surface area contributed by atoms with Gasteiger partial charge in [0.2, 0.25) is 12.2 Å². The highest BCUT2D eigenvalue weighted by Gasteiger charge is 2.42. The van der Waals surface area contributed by atoms with Crippen molar-refractivity contribution in [2.45, 2.75) is 98.6 Å². The molecule has 2 heterocycles. The molecule has 4 amide bonds. The second-order valence-corrected chi connectivity index (χ2v) is 11.7. The maximum Gasteiger partial charge on any atom is 0.511 e. The first-order valence-electron chi connectivity index (χ1n) is 15.2. The third kappa shape index (κ3) is 8.11. The van der Waals surface area contributed by atoms with Crippen LogP contribution in [-0.2, 0) is 23.8 Å². The summed E-state index contributed by atoms with van der Waals surface area (Å²) in [5.74, 6) is -0.159. The van der Waals surface area contributed by atoms with Crippen molar-refractivity contribution in [3.8, 4) is 5.75 Å². The Balaban J connectivity index is 1.84. The molecule has 44 heavy (non-hydrogen) atoms. The van der Waals surface area contributed by atoms with Gasteiger partial charge in [0, 0.05) is 51.1 Å². The standard InChI is InChI=1S/C31H46N4O9/c1-9-26(36)32-13-15-34-24-17-23(20(5)16-25(24)44-31(7,8)28(34)38)27(37)35(19(3)4)22-12-11-14-33(18-22)29(39)42-21(6)43-30(40)41-10-2/h16-17,19,21-22H,9-15,18H2,1-8H3,(H,32,36)/t21?,22-/m1/s1. The molecule has 0 aromatic heterocycles. The lowest BCUT2D eigenvalue weighted by Crippen LogP contribution is -2.55.